The van der Waals surface area contributed by atoms with Crippen LogP contribution >= 0.6 is 23.1 Å². The molecular weight excluding hydrogens is 376 g/mol. The highest BCUT2D eigenvalue weighted by Crippen LogP contribution is 2.27. The van der Waals surface area contributed by atoms with Crippen LogP contribution in [0.15, 0.2) is 65.3 Å². The van der Waals surface area contributed by atoms with Gasteiger partial charge in [-0.25, -0.2) is 15.0 Å². The van der Waals surface area contributed by atoms with Crippen LogP contribution in [0, 0.1) is 6.92 Å². The van der Waals surface area contributed by atoms with Crippen LogP contribution in [-0.2, 0) is 4.79 Å². The van der Waals surface area contributed by atoms with Gasteiger partial charge < -0.3 is 5.32 Å². The Morgan fingerprint density at radius 1 is 1.11 bits per heavy atom. The number of para-hydroxylation sites is 1. The summed E-state index contributed by atoms with van der Waals surface area (Å²) in [6.45, 7) is 2.05. The van der Waals surface area contributed by atoms with Gasteiger partial charge in [0.25, 0.3) is 0 Å². The molecule has 4 aromatic rings. The van der Waals surface area contributed by atoms with Crippen LogP contribution < -0.4 is 5.32 Å². The van der Waals surface area contributed by atoms with E-state index < -0.39 is 0 Å². The summed E-state index contributed by atoms with van der Waals surface area (Å²) in [6.07, 6.45) is 1.53. The van der Waals surface area contributed by atoms with Crippen molar-refractivity contribution in [1.29, 1.82) is 0 Å². The number of thiazole rings is 1. The van der Waals surface area contributed by atoms with Crippen molar-refractivity contribution in [2.24, 2.45) is 0 Å². The number of anilines is 1. The fraction of sp³-hybridized carbons (Fsp3) is 0.100. The second-order valence-electron chi connectivity index (χ2n) is 5.94. The molecule has 2 heterocycles. The molecule has 0 saturated carbocycles. The fourth-order valence-electron chi connectivity index (χ4n) is 2.57. The smallest absolute Gasteiger partial charge is 0.236 e. The summed E-state index contributed by atoms with van der Waals surface area (Å²) in [6, 6.07) is 15.9. The average molecular weight is 393 g/mol. The second-order valence-corrected chi connectivity index (χ2v) is 7.76. The molecule has 0 aliphatic rings. The molecule has 0 aliphatic heterocycles. The first-order valence-electron chi connectivity index (χ1n) is 8.34. The maximum absolute atomic E-state index is 12.3. The molecule has 27 heavy (non-hydrogen) atoms. The predicted molar refractivity (Wildman–Crippen MR) is 111 cm³/mol. The largest absolute Gasteiger partial charge is 0.301 e. The van der Waals surface area contributed by atoms with Crippen LogP contribution in [0.5, 0.6) is 0 Å². The van der Waals surface area contributed by atoms with E-state index in [0.717, 1.165) is 27.2 Å². The molecule has 0 radical (unpaired) electrons. The molecular formula is C20H16N4OS2. The number of aromatic nitrogens is 3. The number of carbonyl (C=O) groups excluding carboxylic acids is 1. The van der Waals surface area contributed by atoms with Gasteiger partial charge in [0, 0.05) is 16.3 Å². The Morgan fingerprint density at radius 2 is 1.93 bits per heavy atom. The molecule has 2 aromatic carbocycles. The molecule has 0 fully saturated rings. The van der Waals surface area contributed by atoms with E-state index in [-0.39, 0.29) is 11.7 Å². The van der Waals surface area contributed by atoms with E-state index in [4.69, 9.17) is 0 Å². The number of benzene rings is 2. The lowest BCUT2D eigenvalue weighted by molar-refractivity contribution is -0.113. The van der Waals surface area contributed by atoms with Crippen molar-refractivity contribution in [3.05, 3.63) is 65.8 Å². The number of carbonyl (C=O) groups is 1. The van der Waals surface area contributed by atoms with Gasteiger partial charge in [0.1, 0.15) is 11.4 Å². The molecule has 2 aromatic heterocycles. The van der Waals surface area contributed by atoms with Crippen LogP contribution in [-0.4, -0.2) is 26.6 Å². The van der Waals surface area contributed by atoms with Gasteiger partial charge in [-0.15, -0.1) is 11.3 Å². The van der Waals surface area contributed by atoms with Crippen LogP contribution in [0.3, 0.4) is 0 Å². The molecule has 1 N–H and O–H groups in total. The minimum atomic E-state index is -0.104. The maximum atomic E-state index is 12.3. The maximum Gasteiger partial charge on any atom is 0.236 e. The molecule has 1 amide bonds. The number of amides is 1. The summed E-state index contributed by atoms with van der Waals surface area (Å²) in [5.74, 6) is 0.160. The first-order chi connectivity index (χ1) is 13.2. The van der Waals surface area contributed by atoms with Crippen molar-refractivity contribution >= 4 is 45.0 Å². The van der Waals surface area contributed by atoms with Gasteiger partial charge in [0.05, 0.1) is 17.0 Å². The predicted octanol–water partition coefficient (Wildman–Crippen LogP) is 4.79. The number of nitrogens with one attached hydrogen (secondary N) is 1. The number of nitrogens with zero attached hydrogens (tertiary/aromatic N) is 3. The lowest BCUT2D eigenvalue weighted by Gasteiger charge is -2.04. The Morgan fingerprint density at radius 3 is 2.78 bits per heavy atom. The zero-order chi connectivity index (χ0) is 18.6. The highest BCUT2D eigenvalue weighted by Gasteiger charge is 2.10. The molecule has 0 bridgehead atoms. The lowest BCUT2D eigenvalue weighted by Crippen LogP contribution is -2.14. The van der Waals surface area contributed by atoms with Crippen molar-refractivity contribution in [2.45, 2.75) is 11.9 Å². The molecule has 0 aliphatic carbocycles. The van der Waals surface area contributed by atoms with Crippen molar-refractivity contribution in [1.82, 2.24) is 15.0 Å². The molecule has 0 spiro atoms. The van der Waals surface area contributed by atoms with E-state index in [1.54, 1.807) is 0 Å². The van der Waals surface area contributed by atoms with Gasteiger partial charge in [-0.05, 0) is 13.0 Å². The zero-order valence-corrected chi connectivity index (χ0v) is 16.2. The van der Waals surface area contributed by atoms with Gasteiger partial charge in [-0.1, -0.05) is 59.8 Å². The Kier molecular flexibility index (Phi) is 5.13. The summed E-state index contributed by atoms with van der Waals surface area (Å²) < 4.78 is 0. The molecule has 0 unspecified atom stereocenters. The summed E-state index contributed by atoms with van der Waals surface area (Å²) in [5, 5.41) is 7.17. The van der Waals surface area contributed by atoms with Crippen molar-refractivity contribution in [2.75, 3.05) is 11.1 Å². The highest BCUT2D eigenvalue weighted by atomic mass is 32.2. The molecule has 0 saturated heterocycles. The molecule has 5 nitrogen and oxygen atoms in total. The third kappa shape index (κ3) is 4.15. The number of fused-ring (bicyclic) bond motifs is 1. The Hall–Kier alpha value is -2.77. The number of thioether (sulfide) groups is 1. The van der Waals surface area contributed by atoms with E-state index in [1.807, 2.05) is 41.8 Å². The lowest BCUT2D eigenvalue weighted by atomic mass is 10.1. The monoisotopic (exact) mass is 392 g/mol. The number of hydrogen-bond acceptors (Lipinski definition) is 6. The average Bonchev–Trinajstić information content (AvgIpc) is 3.15. The third-order valence-corrected chi connectivity index (χ3v) is 5.71. The highest BCUT2D eigenvalue weighted by molar-refractivity contribution is 8.00. The van der Waals surface area contributed by atoms with Crippen LogP contribution in [0.4, 0.5) is 5.13 Å². The normalized spacial score (nSPS) is 10.9. The standard InChI is InChI=1S/C20H16N4OS2/c1-13-6-8-14(9-7-13)17-10-27-20(23-17)24-18(25)11-26-19-15-4-2-3-5-16(15)21-12-22-19/h2-10,12H,11H2,1H3,(H,23,24,25). The third-order valence-electron chi connectivity index (χ3n) is 3.94. The number of rotatable bonds is 5. The quantitative estimate of drug-likeness (QED) is 0.391. The SMILES string of the molecule is Cc1ccc(-c2csc(NC(=O)CSc3ncnc4ccccc34)n2)cc1. The first kappa shape index (κ1) is 17.6. The minimum absolute atomic E-state index is 0.104. The minimum Gasteiger partial charge on any atom is -0.301 e. The molecule has 0 atom stereocenters. The topological polar surface area (TPSA) is 67.8 Å². The van der Waals surface area contributed by atoms with E-state index in [2.05, 4.69) is 39.3 Å². The number of aryl methyl sites for hydroxylation is 1. The Bertz CT molecular complexity index is 1090. The number of hydrogen-bond donors (Lipinski definition) is 1. The molecule has 7 heteroatoms. The van der Waals surface area contributed by atoms with Gasteiger partial charge in [0.15, 0.2) is 5.13 Å². The van der Waals surface area contributed by atoms with Crippen LogP contribution in [0.1, 0.15) is 5.56 Å². The van der Waals surface area contributed by atoms with E-state index >= 15 is 0 Å². The second kappa shape index (κ2) is 7.85. The van der Waals surface area contributed by atoms with E-state index in [1.165, 1.54) is 35.0 Å². The van der Waals surface area contributed by atoms with Gasteiger partial charge >= 0.3 is 0 Å². The molecule has 4 rings (SSSR count). The van der Waals surface area contributed by atoms with Gasteiger partial charge in [-0.2, -0.15) is 0 Å². The van der Waals surface area contributed by atoms with Crippen LogP contribution in [0.2, 0.25) is 0 Å². The molecule has 134 valence electrons. The summed E-state index contributed by atoms with van der Waals surface area (Å²) in [5.41, 5.74) is 3.98. The fourth-order valence-corrected chi connectivity index (χ4v) is 4.10. The van der Waals surface area contributed by atoms with Crippen molar-refractivity contribution in [3.63, 3.8) is 0 Å². The van der Waals surface area contributed by atoms with Crippen molar-refractivity contribution < 1.29 is 4.79 Å². The van der Waals surface area contributed by atoms with Gasteiger partial charge in [0.2, 0.25) is 5.91 Å². The van der Waals surface area contributed by atoms with E-state index in [9.17, 15) is 4.79 Å². The summed E-state index contributed by atoms with van der Waals surface area (Å²) in [4.78, 5) is 25.3. The van der Waals surface area contributed by atoms with E-state index in [0.29, 0.717) is 5.13 Å². The Labute approximate surface area is 164 Å². The first-order valence-corrected chi connectivity index (χ1v) is 10.2. The van der Waals surface area contributed by atoms with Gasteiger partial charge in [-0.3, -0.25) is 4.79 Å². The van der Waals surface area contributed by atoms with Crippen LogP contribution in [0.25, 0.3) is 22.2 Å². The summed E-state index contributed by atoms with van der Waals surface area (Å²) in [7, 11) is 0. The summed E-state index contributed by atoms with van der Waals surface area (Å²) >= 11 is 2.82. The zero-order valence-electron chi connectivity index (χ0n) is 14.5. The Balaban J connectivity index is 1.40. The van der Waals surface area contributed by atoms with Crippen molar-refractivity contribution in [3.8, 4) is 11.3 Å².